The lowest BCUT2D eigenvalue weighted by Gasteiger charge is -2.40. The zero-order chi connectivity index (χ0) is 42.6. The topological polar surface area (TPSA) is 189 Å². The standard InChI is InChI=1S/C47H87NO10/c1-3-5-7-9-11-13-14-15-16-17-18-19-20-21-22-23-24-25-27-28-30-32-34-39(50)42(52)38(37-57-47-45(55)44(54)43(53)41(36-49)58-47)48-46(56)40(51)35-33-31-29-26-12-10-8-6-4-2/h10,12,22-23,27-28,38-45,47,49-55H,3-9,11,13-21,24-26,29-37H2,1-2H3,(H,48,56)/b12-10-,23-22+,28-27+. The maximum atomic E-state index is 13.0. The number of carbonyl (C=O) groups is 1. The molecule has 0 radical (unpaired) electrons. The third-order valence-corrected chi connectivity index (χ3v) is 11.1. The Labute approximate surface area is 352 Å². The van der Waals surface area contributed by atoms with E-state index < -0.39 is 74.2 Å². The van der Waals surface area contributed by atoms with E-state index in [9.17, 15) is 40.5 Å². The third-order valence-electron chi connectivity index (χ3n) is 11.1. The first-order valence-electron chi connectivity index (χ1n) is 23.4. The van der Waals surface area contributed by atoms with E-state index in [2.05, 4.69) is 55.6 Å². The number of rotatable bonds is 38. The van der Waals surface area contributed by atoms with E-state index >= 15 is 0 Å². The predicted octanol–water partition coefficient (Wildman–Crippen LogP) is 7.61. The van der Waals surface area contributed by atoms with Crippen LogP contribution >= 0.6 is 0 Å². The van der Waals surface area contributed by atoms with Crippen molar-refractivity contribution in [3.8, 4) is 0 Å². The van der Waals surface area contributed by atoms with Gasteiger partial charge < -0.3 is 50.5 Å². The number of allylic oxidation sites excluding steroid dienone is 6. The molecule has 58 heavy (non-hydrogen) atoms. The molecule has 1 heterocycles. The molecule has 0 aromatic heterocycles. The summed E-state index contributed by atoms with van der Waals surface area (Å²) in [4.78, 5) is 13.0. The molecule has 0 aliphatic carbocycles. The number of aliphatic hydroxyl groups is 7. The fourth-order valence-corrected chi connectivity index (χ4v) is 7.20. The van der Waals surface area contributed by atoms with Crippen LogP contribution in [0.25, 0.3) is 0 Å². The molecule has 1 amide bonds. The van der Waals surface area contributed by atoms with Gasteiger partial charge in [0.1, 0.15) is 36.6 Å². The van der Waals surface area contributed by atoms with E-state index in [-0.39, 0.29) is 12.8 Å². The molecule has 0 aromatic rings. The van der Waals surface area contributed by atoms with E-state index in [0.717, 1.165) is 51.4 Å². The molecular weight excluding hydrogens is 739 g/mol. The van der Waals surface area contributed by atoms with Crippen LogP contribution in [-0.2, 0) is 14.3 Å². The number of unbranched alkanes of at least 4 members (excludes halogenated alkanes) is 20. The van der Waals surface area contributed by atoms with Gasteiger partial charge in [-0.15, -0.1) is 0 Å². The van der Waals surface area contributed by atoms with Gasteiger partial charge in [-0.2, -0.15) is 0 Å². The van der Waals surface area contributed by atoms with Crippen LogP contribution in [0.15, 0.2) is 36.5 Å². The second-order valence-corrected chi connectivity index (χ2v) is 16.5. The second-order valence-electron chi connectivity index (χ2n) is 16.5. The van der Waals surface area contributed by atoms with Gasteiger partial charge >= 0.3 is 0 Å². The van der Waals surface area contributed by atoms with Crippen molar-refractivity contribution in [1.82, 2.24) is 5.32 Å². The Balaban J connectivity index is 2.43. The molecule has 0 aromatic carbocycles. The van der Waals surface area contributed by atoms with Crippen LogP contribution in [0.5, 0.6) is 0 Å². The molecule has 11 heteroatoms. The Morgan fingerprint density at radius 2 is 1.05 bits per heavy atom. The Bertz CT molecular complexity index is 1040. The van der Waals surface area contributed by atoms with E-state index in [1.807, 2.05) is 0 Å². The van der Waals surface area contributed by atoms with Crippen molar-refractivity contribution in [3.63, 3.8) is 0 Å². The monoisotopic (exact) mass is 826 g/mol. The maximum absolute atomic E-state index is 13.0. The SMILES string of the molecule is CCCC/C=C\CCCCCC(O)C(=O)NC(COC1OC(CO)C(O)C(O)C1O)C(O)C(O)CCC/C=C/CC/C=C/CCCCCCCCCCCCCCC. The van der Waals surface area contributed by atoms with E-state index in [0.29, 0.717) is 19.3 Å². The molecule has 9 unspecified atom stereocenters. The van der Waals surface area contributed by atoms with Crippen molar-refractivity contribution in [2.24, 2.45) is 0 Å². The molecule has 11 nitrogen and oxygen atoms in total. The van der Waals surface area contributed by atoms with Gasteiger partial charge in [0.05, 0.1) is 25.4 Å². The summed E-state index contributed by atoms with van der Waals surface area (Å²) in [6.07, 6.45) is 30.8. The molecule has 1 fully saturated rings. The van der Waals surface area contributed by atoms with Gasteiger partial charge in [-0.05, 0) is 70.6 Å². The largest absolute Gasteiger partial charge is 0.394 e. The highest BCUT2D eigenvalue weighted by molar-refractivity contribution is 5.80. The molecule has 8 N–H and O–H groups in total. The number of hydrogen-bond acceptors (Lipinski definition) is 10. The summed E-state index contributed by atoms with van der Waals surface area (Å²) in [6.45, 7) is 3.34. The summed E-state index contributed by atoms with van der Waals surface area (Å²) in [5.74, 6) is -0.727. The lowest BCUT2D eigenvalue weighted by molar-refractivity contribution is -0.303. The molecule has 1 aliphatic heterocycles. The number of amides is 1. The minimum absolute atomic E-state index is 0.228. The fourth-order valence-electron chi connectivity index (χ4n) is 7.20. The summed E-state index contributed by atoms with van der Waals surface area (Å²) in [6, 6.07) is -1.19. The van der Waals surface area contributed by atoms with E-state index in [4.69, 9.17) is 9.47 Å². The van der Waals surface area contributed by atoms with Crippen molar-refractivity contribution in [2.75, 3.05) is 13.2 Å². The van der Waals surface area contributed by atoms with Crippen LogP contribution < -0.4 is 5.32 Å². The molecule has 0 saturated carbocycles. The predicted molar refractivity (Wildman–Crippen MR) is 233 cm³/mol. The van der Waals surface area contributed by atoms with E-state index in [1.165, 1.54) is 89.9 Å². The highest BCUT2D eigenvalue weighted by Crippen LogP contribution is 2.23. The summed E-state index contributed by atoms with van der Waals surface area (Å²) in [5.41, 5.74) is 0. The molecule has 1 aliphatic rings. The van der Waals surface area contributed by atoms with Gasteiger partial charge in [-0.1, -0.05) is 153 Å². The lowest BCUT2D eigenvalue weighted by atomic mass is 9.98. The Morgan fingerprint density at radius 1 is 0.586 bits per heavy atom. The molecule has 340 valence electrons. The third kappa shape index (κ3) is 26.5. The van der Waals surface area contributed by atoms with Crippen LogP contribution in [0.4, 0.5) is 0 Å². The summed E-state index contributed by atoms with van der Waals surface area (Å²) < 4.78 is 11.0. The van der Waals surface area contributed by atoms with Crippen LogP contribution in [0.1, 0.15) is 187 Å². The molecule has 0 bridgehead atoms. The van der Waals surface area contributed by atoms with Crippen molar-refractivity contribution in [2.45, 2.75) is 242 Å². The zero-order valence-corrected chi connectivity index (χ0v) is 36.5. The van der Waals surface area contributed by atoms with Gasteiger partial charge in [-0.25, -0.2) is 0 Å². The average Bonchev–Trinajstić information content (AvgIpc) is 3.22. The molecule has 9 atom stereocenters. The quantitative estimate of drug-likeness (QED) is 0.0227. The number of hydrogen-bond donors (Lipinski definition) is 8. The number of aliphatic hydroxyl groups excluding tert-OH is 7. The second kappa shape index (κ2) is 37.1. The van der Waals surface area contributed by atoms with Crippen molar-refractivity contribution in [1.29, 1.82) is 0 Å². The molecule has 0 spiro atoms. The average molecular weight is 826 g/mol. The van der Waals surface area contributed by atoms with Gasteiger partial charge in [0.25, 0.3) is 0 Å². The minimum Gasteiger partial charge on any atom is -0.394 e. The first-order valence-corrected chi connectivity index (χ1v) is 23.4. The Kier molecular flexibility index (Phi) is 34.8. The fraction of sp³-hybridized carbons (Fsp3) is 0.851. The molecular formula is C47H87NO10. The summed E-state index contributed by atoms with van der Waals surface area (Å²) >= 11 is 0. The lowest BCUT2D eigenvalue weighted by Crippen LogP contribution is -2.60. The van der Waals surface area contributed by atoms with Gasteiger partial charge in [-0.3, -0.25) is 4.79 Å². The summed E-state index contributed by atoms with van der Waals surface area (Å²) in [5, 5.41) is 75.4. The minimum atomic E-state index is -1.67. The van der Waals surface area contributed by atoms with Gasteiger partial charge in [0, 0.05) is 0 Å². The van der Waals surface area contributed by atoms with Crippen molar-refractivity contribution in [3.05, 3.63) is 36.5 Å². The highest BCUT2D eigenvalue weighted by Gasteiger charge is 2.44. The Morgan fingerprint density at radius 3 is 1.59 bits per heavy atom. The Hall–Kier alpha value is -1.67. The van der Waals surface area contributed by atoms with Crippen molar-refractivity contribution >= 4 is 5.91 Å². The summed E-state index contributed by atoms with van der Waals surface area (Å²) in [7, 11) is 0. The first-order chi connectivity index (χ1) is 28.2. The number of ether oxygens (including phenoxy) is 2. The normalized spacial score (nSPS) is 22.3. The van der Waals surface area contributed by atoms with Crippen LogP contribution in [0.2, 0.25) is 0 Å². The highest BCUT2D eigenvalue weighted by atomic mass is 16.7. The van der Waals surface area contributed by atoms with E-state index in [1.54, 1.807) is 0 Å². The van der Waals surface area contributed by atoms with Crippen LogP contribution in [0, 0.1) is 0 Å². The number of nitrogens with one attached hydrogen (secondary N) is 1. The van der Waals surface area contributed by atoms with Gasteiger partial charge in [0.2, 0.25) is 5.91 Å². The molecule has 1 saturated heterocycles. The van der Waals surface area contributed by atoms with Crippen LogP contribution in [-0.4, -0.2) is 110 Å². The van der Waals surface area contributed by atoms with Gasteiger partial charge in [0.15, 0.2) is 6.29 Å². The smallest absolute Gasteiger partial charge is 0.249 e. The maximum Gasteiger partial charge on any atom is 0.249 e. The van der Waals surface area contributed by atoms with Crippen LogP contribution in [0.3, 0.4) is 0 Å². The zero-order valence-electron chi connectivity index (χ0n) is 36.5. The van der Waals surface area contributed by atoms with Crippen molar-refractivity contribution < 1.29 is 50.0 Å². The first kappa shape index (κ1) is 54.3. The number of carbonyl (C=O) groups excluding carboxylic acids is 1. The molecule has 1 rings (SSSR count).